The maximum Gasteiger partial charge on any atom is 0.387 e. The summed E-state index contributed by atoms with van der Waals surface area (Å²) in [4.78, 5) is 16.1. The monoisotopic (exact) mass is 325 g/mol. The first-order valence-corrected chi connectivity index (χ1v) is 7.50. The van der Waals surface area contributed by atoms with Gasteiger partial charge in [0, 0.05) is 23.0 Å². The molecule has 0 saturated heterocycles. The van der Waals surface area contributed by atoms with Gasteiger partial charge in [-0.1, -0.05) is 6.92 Å². The summed E-state index contributed by atoms with van der Waals surface area (Å²) in [6, 6.07) is 6.03. The number of aromatic nitrogens is 2. The van der Waals surface area contributed by atoms with Crippen molar-refractivity contribution in [1.29, 1.82) is 0 Å². The first kappa shape index (κ1) is 14.8. The largest absolute Gasteiger partial charge is 0.435 e. The van der Waals surface area contributed by atoms with Gasteiger partial charge < -0.3 is 10.1 Å². The molecule has 1 fully saturated rings. The molecule has 1 amide bonds. The molecule has 0 spiro atoms. The lowest BCUT2D eigenvalue weighted by atomic mass is 10.2. The van der Waals surface area contributed by atoms with Crippen LogP contribution in [-0.2, 0) is 4.79 Å². The van der Waals surface area contributed by atoms with E-state index in [0.717, 1.165) is 18.0 Å². The number of nitrogens with zero attached hydrogens (tertiary/aromatic N) is 2. The highest BCUT2D eigenvalue weighted by Crippen LogP contribution is 2.38. The van der Waals surface area contributed by atoms with Crippen LogP contribution in [0.2, 0.25) is 0 Å². The summed E-state index contributed by atoms with van der Waals surface area (Å²) in [5, 5.41) is 3.18. The Hall–Kier alpha value is -2.09. The number of benzene rings is 1. The molecule has 1 aliphatic carbocycles. The zero-order valence-corrected chi connectivity index (χ0v) is 12.4. The van der Waals surface area contributed by atoms with Crippen LogP contribution in [0.1, 0.15) is 13.3 Å². The highest BCUT2D eigenvalue weighted by atomic mass is 32.1. The van der Waals surface area contributed by atoms with Gasteiger partial charge in [-0.2, -0.15) is 18.1 Å². The van der Waals surface area contributed by atoms with Crippen LogP contribution in [0.3, 0.4) is 0 Å². The van der Waals surface area contributed by atoms with E-state index in [1.165, 1.54) is 12.1 Å². The van der Waals surface area contributed by atoms with Crippen molar-refractivity contribution < 1.29 is 18.3 Å². The molecule has 5 nitrogen and oxygen atoms in total. The quantitative estimate of drug-likeness (QED) is 0.915. The maximum atomic E-state index is 12.1. The summed E-state index contributed by atoms with van der Waals surface area (Å²) >= 11 is 1.09. The average molecular weight is 325 g/mol. The Morgan fingerprint density at radius 1 is 1.41 bits per heavy atom. The molecular weight excluding hydrogens is 312 g/mol. The van der Waals surface area contributed by atoms with E-state index in [1.807, 2.05) is 6.92 Å². The van der Waals surface area contributed by atoms with Gasteiger partial charge in [0.25, 0.3) is 0 Å². The van der Waals surface area contributed by atoms with Crippen molar-refractivity contribution in [2.75, 3.05) is 5.32 Å². The molecule has 22 heavy (non-hydrogen) atoms. The van der Waals surface area contributed by atoms with E-state index in [0.29, 0.717) is 22.4 Å². The van der Waals surface area contributed by atoms with Crippen molar-refractivity contribution in [3.63, 3.8) is 0 Å². The maximum absolute atomic E-state index is 12.1. The number of anilines is 1. The molecule has 1 heterocycles. The van der Waals surface area contributed by atoms with Crippen molar-refractivity contribution in [3.8, 4) is 17.1 Å². The van der Waals surface area contributed by atoms with E-state index in [4.69, 9.17) is 0 Å². The predicted molar refractivity (Wildman–Crippen MR) is 77.9 cm³/mol. The SMILES string of the molecule is CC1CC1C(=O)Nc1nc(-c2ccc(OC(F)F)cc2)ns1. The van der Waals surface area contributed by atoms with Gasteiger partial charge in [0.2, 0.25) is 11.0 Å². The number of carbonyl (C=O) groups is 1. The van der Waals surface area contributed by atoms with Crippen LogP contribution in [0.5, 0.6) is 5.75 Å². The average Bonchev–Trinajstić information content (AvgIpc) is 3.03. The Kier molecular flexibility index (Phi) is 4.02. The number of hydrogen-bond acceptors (Lipinski definition) is 5. The standard InChI is InChI=1S/C14H13F2N3O2S/c1-7-6-10(7)12(20)18-14-17-11(19-22-14)8-2-4-9(5-3-8)21-13(15)16/h2-5,7,10,13H,6H2,1H3,(H,17,18,19,20). The highest BCUT2D eigenvalue weighted by molar-refractivity contribution is 7.10. The fourth-order valence-corrected chi connectivity index (χ4v) is 2.66. The number of ether oxygens (including phenoxy) is 1. The fraction of sp³-hybridized carbons (Fsp3) is 0.357. The normalized spacial score (nSPS) is 20.0. The third kappa shape index (κ3) is 3.38. The topological polar surface area (TPSA) is 64.1 Å². The van der Waals surface area contributed by atoms with Gasteiger partial charge in [-0.3, -0.25) is 4.79 Å². The predicted octanol–water partition coefficient (Wildman–Crippen LogP) is 3.40. The van der Waals surface area contributed by atoms with E-state index in [1.54, 1.807) is 12.1 Å². The van der Waals surface area contributed by atoms with E-state index in [2.05, 4.69) is 19.4 Å². The van der Waals surface area contributed by atoms with Crippen LogP contribution in [0.15, 0.2) is 24.3 Å². The summed E-state index contributed by atoms with van der Waals surface area (Å²) in [5.74, 6) is 0.974. The van der Waals surface area contributed by atoms with Gasteiger partial charge in [0.1, 0.15) is 5.75 Å². The van der Waals surface area contributed by atoms with Gasteiger partial charge in [-0.25, -0.2) is 0 Å². The Morgan fingerprint density at radius 3 is 2.68 bits per heavy atom. The zero-order chi connectivity index (χ0) is 15.7. The molecule has 0 radical (unpaired) electrons. The number of carbonyl (C=O) groups excluding carboxylic acids is 1. The van der Waals surface area contributed by atoms with Gasteiger partial charge in [-0.15, -0.1) is 0 Å². The Bertz CT molecular complexity index is 675. The number of rotatable bonds is 5. The van der Waals surface area contributed by atoms with Gasteiger partial charge >= 0.3 is 6.61 Å². The summed E-state index contributed by atoms with van der Waals surface area (Å²) in [7, 11) is 0. The minimum atomic E-state index is -2.85. The zero-order valence-electron chi connectivity index (χ0n) is 11.6. The molecule has 8 heteroatoms. The Labute approximate surface area is 129 Å². The van der Waals surface area contributed by atoms with Crippen molar-refractivity contribution in [3.05, 3.63) is 24.3 Å². The second kappa shape index (κ2) is 5.96. The third-order valence-corrected chi connectivity index (χ3v) is 4.07. The van der Waals surface area contributed by atoms with Crippen LogP contribution < -0.4 is 10.1 Å². The minimum Gasteiger partial charge on any atom is -0.435 e. The molecule has 2 aromatic rings. The lowest BCUT2D eigenvalue weighted by Crippen LogP contribution is -2.14. The van der Waals surface area contributed by atoms with Gasteiger partial charge in [-0.05, 0) is 36.6 Å². The molecule has 1 saturated carbocycles. The lowest BCUT2D eigenvalue weighted by Gasteiger charge is -2.04. The van der Waals surface area contributed by atoms with Crippen LogP contribution in [-0.4, -0.2) is 21.9 Å². The summed E-state index contributed by atoms with van der Waals surface area (Å²) in [5.41, 5.74) is 0.665. The molecule has 2 atom stereocenters. The van der Waals surface area contributed by atoms with Crippen molar-refractivity contribution >= 4 is 22.6 Å². The van der Waals surface area contributed by atoms with E-state index in [-0.39, 0.29) is 17.6 Å². The Morgan fingerprint density at radius 2 is 2.09 bits per heavy atom. The summed E-state index contributed by atoms with van der Waals surface area (Å²) < 4.78 is 32.6. The van der Waals surface area contributed by atoms with Crippen molar-refractivity contribution in [1.82, 2.24) is 9.36 Å². The molecule has 3 rings (SSSR count). The molecule has 1 aromatic heterocycles. The fourth-order valence-electron chi connectivity index (χ4n) is 2.06. The number of nitrogens with one attached hydrogen (secondary N) is 1. The van der Waals surface area contributed by atoms with Crippen molar-refractivity contribution in [2.45, 2.75) is 20.0 Å². The third-order valence-electron chi connectivity index (χ3n) is 3.44. The van der Waals surface area contributed by atoms with Crippen LogP contribution >= 0.6 is 11.5 Å². The molecule has 0 aliphatic heterocycles. The number of halogens is 2. The molecule has 1 aliphatic rings. The minimum absolute atomic E-state index is 0.0316. The molecule has 1 aromatic carbocycles. The second-order valence-electron chi connectivity index (χ2n) is 5.13. The molecule has 2 unspecified atom stereocenters. The number of alkyl halides is 2. The van der Waals surface area contributed by atoms with Gasteiger partial charge in [0.05, 0.1) is 0 Å². The molecule has 0 bridgehead atoms. The van der Waals surface area contributed by atoms with E-state index < -0.39 is 6.61 Å². The lowest BCUT2D eigenvalue weighted by molar-refractivity contribution is -0.117. The number of amides is 1. The van der Waals surface area contributed by atoms with Crippen LogP contribution in [0.25, 0.3) is 11.4 Å². The molecular formula is C14H13F2N3O2S. The first-order chi connectivity index (χ1) is 10.5. The smallest absolute Gasteiger partial charge is 0.387 e. The van der Waals surface area contributed by atoms with E-state index >= 15 is 0 Å². The number of hydrogen-bond donors (Lipinski definition) is 1. The summed E-state index contributed by atoms with van der Waals surface area (Å²) in [6.07, 6.45) is 0.906. The first-order valence-electron chi connectivity index (χ1n) is 6.73. The van der Waals surface area contributed by atoms with Gasteiger partial charge in [0.15, 0.2) is 5.82 Å². The summed E-state index contributed by atoms with van der Waals surface area (Å²) in [6.45, 7) is -0.825. The molecule has 1 N–H and O–H groups in total. The van der Waals surface area contributed by atoms with Crippen molar-refractivity contribution in [2.24, 2.45) is 11.8 Å². The van der Waals surface area contributed by atoms with Crippen LogP contribution in [0, 0.1) is 11.8 Å². The van der Waals surface area contributed by atoms with Crippen LogP contribution in [0.4, 0.5) is 13.9 Å². The van der Waals surface area contributed by atoms with E-state index in [9.17, 15) is 13.6 Å². The highest BCUT2D eigenvalue weighted by Gasteiger charge is 2.39. The molecule has 116 valence electrons. The Balaban J connectivity index is 1.66. The second-order valence-corrected chi connectivity index (χ2v) is 5.89.